The van der Waals surface area contributed by atoms with Crippen LogP contribution in [0.4, 0.5) is 5.69 Å². The second kappa shape index (κ2) is 3.04. The Labute approximate surface area is 103 Å². The number of azo groups is 1. The van der Waals surface area contributed by atoms with Crippen molar-refractivity contribution in [1.82, 2.24) is 0 Å². The fourth-order valence-corrected chi connectivity index (χ4v) is 2.91. The van der Waals surface area contributed by atoms with Crippen LogP contribution >= 0.6 is 0 Å². The predicted molar refractivity (Wildman–Crippen MR) is 63.0 cm³/mol. The largest absolute Gasteiger partial charge is 0.273 e. The van der Waals surface area contributed by atoms with Crippen LogP contribution < -0.4 is 4.90 Å². The van der Waals surface area contributed by atoms with E-state index in [1.807, 2.05) is 18.2 Å². The molecule has 2 heterocycles. The minimum atomic E-state index is -0.583. The van der Waals surface area contributed by atoms with Gasteiger partial charge in [-0.1, -0.05) is 18.2 Å². The molecule has 1 aromatic carbocycles. The average Bonchev–Trinajstić information content (AvgIpc) is 2.97. The highest BCUT2D eigenvalue weighted by Crippen LogP contribution is 2.55. The van der Waals surface area contributed by atoms with E-state index in [2.05, 4.69) is 10.2 Å². The molecule has 0 N–H and O–H groups in total. The maximum atomic E-state index is 12.4. The van der Waals surface area contributed by atoms with E-state index < -0.39 is 6.04 Å². The van der Waals surface area contributed by atoms with Gasteiger partial charge in [0.25, 0.3) is 5.91 Å². The Bertz CT molecular complexity index is 577. The third-order valence-corrected chi connectivity index (χ3v) is 4.01. The zero-order valence-electron chi connectivity index (χ0n) is 9.61. The molecule has 1 aliphatic carbocycles. The van der Waals surface area contributed by atoms with Gasteiger partial charge in [-0.05, 0) is 25.0 Å². The van der Waals surface area contributed by atoms with Gasteiger partial charge in [-0.2, -0.15) is 10.2 Å². The first kappa shape index (κ1) is 9.94. The van der Waals surface area contributed by atoms with E-state index in [0.717, 1.165) is 12.8 Å². The SMILES string of the molecule is O=C1C2N=NC3(CC3)C2C(=O)N1c1ccccc1. The van der Waals surface area contributed by atoms with E-state index in [0.29, 0.717) is 5.69 Å². The van der Waals surface area contributed by atoms with Crippen molar-refractivity contribution in [2.45, 2.75) is 24.4 Å². The van der Waals surface area contributed by atoms with Crippen LogP contribution in [-0.2, 0) is 9.59 Å². The summed E-state index contributed by atoms with van der Waals surface area (Å²) in [6.07, 6.45) is 1.75. The van der Waals surface area contributed by atoms with Gasteiger partial charge in [-0.3, -0.25) is 9.59 Å². The summed E-state index contributed by atoms with van der Waals surface area (Å²) in [6, 6.07) is 8.45. The number of benzene rings is 1. The first-order valence-electron chi connectivity index (χ1n) is 6.08. The molecule has 0 aromatic heterocycles. The van der Waals surface area contributed by atoms with Gasteiger partial charge in [-0.25, -0.2) is 4.90 Å². The molecule has 0 bridgehead atoms. The Hall–Kier alpha value is -2.04. The zero-order chi connectivity index (χ0) is 12.3. The number of para-hydroxylation sites is 1. The van der Waals surface area contributed by atoms with E-state index in [-0.39, 0.29) is 23.3 Å². The third-order valence-electron chi connectivity index (χ3n) is 4.01. The lowest BCUT2D eigenvalue weighted by molar-refractivity contribution is -0.122. The molecule has 1 saturated carbocycles. The number of imide groups is 1. The van der Waals surface area contributed by atoms with Crippen LogP contribution in [0.3, 0.4) is 0 Å². The van der Waals surface area contributed by atoms with Crippen molar-refractivity contribution < 1.29 is 9.59 Å². The van der Waals surface area contributed by atoms with Gasteiger partial charge in [0.05, 0.1) is 17.1 Å². The lowest BCUT2D eigenvalue weighted by Gasteiger charge is -2.16. The molecule has 5 nitrogen and oxygen atoms in total. The van der Waals surface area contributed by atoms with E-state index in [9.17, 15) is 9.59 Å². The Morgan fingerprint density at radius 1 is 1.11 bits per heavy atom. The Morgan fingerprint density at radius 3 is 2.50 bits per heavy atom. The summed E-state index contributed by atoms with van der Waals surface area (Å²) >= 11 is 0. The summed E-state index contributed by atoms with van der Waals surface area (Å²) in [7, 11) is 0. The number of carbonyl (C=O) groups excluding carboxylic acids is 2. The monoisotopic (exact) mass is 241 g/mol. The second-order valence-electron chi connectivity index (χ2n) is 5.09. The number of hydrogen-bond donors (Lipinski definition) is 0. The Balaban J connectivity index is 1.78. The molecule has 18 heavy (non-hydrogen) atoms. The van der Waals surface area contributed by atoms with Gasteiger partial charge < -0.3 is 0 Å². The zero-order valence-corrected chi connectivity index (χ0v) is 9.61. The highest BCUT2D eigenvalue weighted by atomic mass is 16.2. The molecule has 2 fully saturated rings. The maximum absolute atomic E-state index is 12.4. The molecule has 2 unspecified atom stereocenters. The van der Waals surface area contributed by atoms with Crippen LogP contribution in [-0.4, -0.2) is 23.4 Å². The first-order valence-corrected chi connectivity index (χ1v) is 6.08. The van der Waals surface area contributed by atoms with E-state index in [1.165, 1.54) is 4.90 Å². The van der Waals surface area contributed by atoms with Crippen molar-refractivity contribution in [2.75, 3.05) is 4.90 Å². The first-order chi connectivity index (χ1) is 8.73. The van der Waals surface area contributed by atoms with Crippen molar-refractivity contribution in [3.63, 3.8) is 0 Å². The predicted octanol–water partition coefficient (Wildman–Crippen LogP) is 1.54. The molecule has 90 valence electrons. The average molecular weight is 241 g/mol. The smallest absolute Gasteiger partial charge is 0.261 e. The van der Waals surface area contributed by atoms with Gasteiger partial charge in [0.2, 0.25) is 5.91 Å². The van der Waals surface area contributed by atoms with Crippen LogP contribution in [0.2, 0.25) is 0 Å². The van der Waals surface area contributed by atoms with Crippen molar-refractivity contribution in [1.29, 1.82) is 0 Å². The van der Waals surface area contributed by atoms with Crippen LogP contribution in [0.1, 0.15) is 12.8 Å². The van der Waals surface area contributed by atoms with Crippen LogP contribution in [0.25, 0.3) is 0 Å². The fraction of sp³-hybridized carbons (Fsp3) is 0.385. The quantitative estimate of drug-likeness (QED) is 0.700. The number of anilines is 1. The maximum Gasteiger partial charge on any atom is 0.261 e. The van der Waals surface area contributed by atoms with Gasteiger partial charge in [0.15, 0.2) is 6.04 Å². The van der Waals surface area contributed by atoms with Crippen molar-refractivity contribution in [2.24, 2.45) is 16.1 Å². The molecule has 1 spiro atoms. The van der Waals surface area contributed by atoms with Crippen molar-refractivity contribution in [3.8, 4) is 0 Å². The Kier molecular flexibility index (Phi) is 1.68. The molecule has 5 heteroatoms. The normalized spacial score (nSPS) is 31.2. The molecule has 2 amide bonds. The minimum Gasteiger partial charge on any atom is -0.273 e. The standard InChI is InChI=1S/C13H11N3O2/c17-11-9-10(14-15-13(9)6-7-13)12(18)16(11)8-4-2-1-3-5-8/h1-5,9-10H,6-7H2. The number of nitrogens with zero attached hydrogens (tertiary/aromatic N) is 3. The lowest BCUT2D eigenvalue weighted by Crippen LogP contribution is -2.33. The summed E-state index contributed by atoms with van der Waals surface area (Å²) in [5.74, 6) is -0.729. The van der Waals surface area contributed by atoms with Crippen molar-refractivity contribution in [3.05, 3.63) is 30.3 Å². The van der Waals surface area contributed by atoms with E-state index in [1.54, 1.807) is 12.1 Å². The van der Waals surface area contributed by atoms with Crippen LogP contribution in [0, 0.1) is 5.92 Å². The lowest BCUT2D eigenvalue weighted by atomic mass is 9.94. The summed E-state index contributed by atoms with van der Waals surface area (Å²) < 4.78 is 0. The molecular formula is C13H11N3O2. The molecule has 4 rings (SSSR count). The van der Waals surface area contributed by atoms with E-state index >= 15 is 0 Å². The van der Waals surface area contributed by atoms with Gasteiger partial charge in [0, 0.05) is 0 Å². The van der Waals surface area contributed by atoms with Gasteiger partial charge in [-0.15, -0.1) is 0 Å². The highest BCUT2D eigenvalue weighted by Gasteiger charge is 2.67. The van der Waals surface area contributed by atoms with Gasteiger partial charge >= 0.3 is 0 Å². The summed E-state index contributed by atoms with van der Waals surface area (Å²) in [6.45, 7) is 0. The minimum absolute atomic E-state index is 0.140. The molecule has 1 saturated heterocycles. The van der Waals surface area contributed by atoms with Gasteiger partial charge in [0.1, 0.15) is 0 Å². The summed E-state index contributed by atoms with van der Waals surface area (Å²) in [4.78, 5) is 26.0. The number of hydrogen-bond acceptors (Lipinski definition) is 4. The molecular weight excluding hydrogens is 230 g/mol. The number of fused-ring (bicyclic) bond motifs is 2. The number of rotatable bonds is 1. The molecule has 2 atom stereocenters. The molecule has 0 radical (unpaired) electrons. The van der Waals surface area contributed by atoms with E-state index in [4.69, 9.17) is 0 Å². The van der Waals surface area contributed by atoms with Crippen molar-refractivity contribution >= 4 is 17.5 Å². The summed E-state index contributed by atoms with van der Waals surface area (Å²) in [5, 5.41) is 8.18. The summed E-state index contributed by atoms with van der Waals surface area (Å²) in [5.41, 5.74) is 0.286. The second-order valence-corrected chi connectivity index (χ2v) is 5.09. The molecule has 1 aromatic rings. The molecule has 3 aliphatic rings. The Morgan fingerprint density at radius 2 is 1.83 bits per heavy atom. The highest BCUT2D eigenvalue weighted by molar-refractivity contribution is 6.24. The number of carbonyl (C=O) groups is 2. The fourth-order valence-electron chi connectivity index (χ4n) is 2.91. The van der Waals surface area contributed by atoms with Crippen LogP contribution in [0.15, 0.2) is 40.6 Å². The number of amides is 2. The third kappa shape index (κ3) is 1.06. The molecule has 2 aliphatic heterocycles. The van der Waals surface area contributed by atoms with Crippen LogP contribution in [0.5, 0.6) is 0 Å². The topological polar surface area (TPSA) is 62.1 Å².